The van der Waals surface area contributed by atoms with Crippen LogP contribution in [0.3, 0.4) is 0 Å². The van der Waals surface area contributed by atoms with Gasteiger partial charge in [-0.1, -0.05) is 35.0 Å². The number of benzene rings is 1. The molecule has 3 aromatic rings. The van der Waals surface area contributed by atoms with E-state index in [9.17, 15) is 0 Å². The van der Waals surface area contributed by atoms with E-state index in [1.54, 1.807) is 4.68 Å². The number of anilines is 1. The highest BCUT2D eigenvalue weighted by atomic mass is 35.5. The monoisotopic (exact) mass is 384 g/mol. The van der Waals surface area contributed by atoms with Crippen LogP contribution in [0.1, 0.15) is 43.0 Å². The Labute approximate surface area is 162 Å². The van der Waals surface area contributed by atoms with Crippen molar-refractivity contribution in [2.75, 3.05) is 18.5 Å². The second kappa shape index (κ2) is 7.05. The van der Waals surface area contributed by atoms with Crippen LogP contribution < -0.4 is 5.32 Å². The third-order valence-electron chi connectivity index (χ3n) is 5.12. The number of nitrogens with one attached hydrogen (secondary N) is 1. The summed E-state index contributed by atoms with van der Waals surface area (Å²) < 4.78 is 7.52. The summed E-state index contributed by atoms with van der Waals surface area (Å²) in [7, 11) is 0. The third kappa shape index (κ3) is 3.49. The van der Waals surface area contributed by atoms with Crippen LogP contribution in [0.2, 0.25) is 5.02 Å². The van der Waals surface area contributed by atoms with Crippen molar-refractivity contribution in [3.8, 4) is 0 Å². The molecule has 7 nitrogen and oxygen atoms in total. The molecular formula is C19H21ClN6O. The molecular weight excluding hydrogens is 364 g/mol. The number of aromatic nitrogens is 5. The number of nitrogens with zero attached hydrogens (tertiary/aromatic N) is 5. The van der Waals surface area contributed by atoms with Crippen LogP contribution in [0.25, 0.3) is 11.2 Å². The van der Waals surface area contributed by atoms with Gasteiger partial charge in [0.05, 0.1) is 12.6 Å². The van der Waals surface area contributed by atoms with Crippen molar-refractivity contribution in [3.05, 3.63) is 40.7 Å². The molecule has 1 aliphatic carbocycles. The third-order valence-corrected chi connectivity index (χ3v) is 5.49. The molecule has 0 amide bonds. The van der Waals surface area contributed by atoms with Gasteiger partial charge in [0.2, 0.25) is 0 Å². The molecule has 140 valence electrons. The molecule has 0 spiro atoms. The van der Waals surface area contributed by atoms with Gasteiger partial charge in [-0.25, -0.2) is 14.6 Å². The highest BCUT2D eigenvalue weighted by molar-refractivity contribution is 6.31. The first-order valence-corrected chi connectivity index (χ1v) is 9.86. The van der Waals surface area contributed by atoms with Crippen LogP contribution in [-0.2, 0) is 11.3 Å². The molecule has 8 heteroatoms. The van der Waals surface area contributed by atoms with Crippen molar-refractivity contribution in [2.45, 2.75) is 44.2 Å². The van der Waals surface area contributed by atoms with Gasteiger partial charge in [-0.3, -0.25) is 0 Å². The van der Waals surface area contributed by atoms with Gasteiger partial charge in [-0.15, -0.1) is 5.10 Å². The van der Waals surface area contributed by atoms with E-state index in [2.05, 4.69) is 15.6 Å². The van der Waals surface area contributed by atoms with E-state index in [1.807, 2.05) is 24.3 Å². The van der Waals surface area contributed by atoms with Gasteiger partial charge < -0.3 is 10.1 Å². The van der Waals surface area contributed by atoms with Gasteiger partial charge in [0.15, 0.2) is 17.0 Å². The van der Waals surface area contributed by atoms with E-state index in [0.717, 1.165) is 61.7 Å². The SMILES string of the molecule is Clc1ccccc1Cn1nnc2c(NCC3CCCO3)nc(C3CC3)nc21. The Hall–Kier alpha value is -2.25. The fourth-order valence-electron chi connectivity index (χ4n) is 3.43. The van der Waals surface area contributed by atoms with Crippen molar-refractivity contribution in [3.63, 3.8) is 0 Å². The average Bonchev–Trinajstić information content (AvgIpc) is 3.25. The van der Waals surface area contributed by atoms with Gasteiger partial charge in [0.25, 0.3) is 0 Å². The van der Waals surface area contributed by atoms with Crippen molar-refractivity contribution in [1.29, 1.82) is 0 Å². The van der Waals surface area contributed by atoms with Crippen molar-refractivity contribution < 1.29 is 4.74 Å². The van der Waals surface area contributed by atoms with Crippen LogP contribution in [0.4, 0.5) is 5.82 Å². The lowest BCUT2D eigenvalue weighted by Crippen LogP contribution is -2.19. The summed E-state index contributed by atoms with van der Waals surface area (Å²) in [5.74, 6) is 2.07. The van der Waals surface area contributed by atoms with Gasteiger partial charge in [-0.2, -0.15) is 0 Å². The van der Waals surface area contributed by atoms with Gasteiger partial charge >= 0.3 is 0 Å². The zero-order valence-electron chi connectivity index (χ0n) is 14.9. The molecule has 2 aliphatic rings. The average molecular weight is 385 g/mol. The Morgan fingerprint density at radius 3 is 2.85 bits per heavy atom. The molecule has 1 atom stereocenters. The van der Waals surface area contributed by atoms with Crippen LogP contribution in [0.15, 0.2) is 24.3 Å². The molecule has 3 heterocycles. The fourth-order valence-corrected chi connectivity index (χ4v) is 3.63. The van der Waals surface area contributed by atoms with E-state index >= 15 is 0 Å². The minimum atomic E-state index is 0.234. The number of halogens is 1. The smallest absolute Gasteiger partial charge is 0.184 e. The molecule has 1 aromatic carbocycles. The van der Waals surface area contributed by atoms with E-state index in [-0.39, 0.29) is 6.10 Å². The number of ether oxygens (including phenoxy) is 1. The summed E-state index contributed by atoms with van der Waals surface area (Å²) in [4.78, 5) is 9.52. The molecule has 27 heavy (non-hydrogen) atoms. The van der Waals surface area contributed by atoms with E-state index < -0.39 is 0 Å². The van der Waals surface area contributed by atoms with E-state index in [1.165, 1.54) is 0 Å². The predicted molar refractivity (Wildman–Crippen MR) is 103 cm³/mol. The summed E-state index contributed by atoms with van der Waals surface area (Å²) in [5.41, 5.74) is 2.44. The van der Waals surface area contributed by atoms with Gasteiger partial charge in [-0.05, 0) is 37.3 Å². The van der Waals surface area contributed by atoms with Crippen LogP contribution in [0, 0.1) is 0 Å². The summed E-state index contributed by atoms with van der Waals surface area (Å²) in [6.07, 6.45) is 4.71. The number of hydrogen-bond acceptors (Lipinski definition) is 6. The molecule has 1 saturated carbocycles. The molecule has 2 aromatic heterocycles. The molecule has 5 rings (SSSR count). The molecule has 2 fully saturated rings. The van der Waals surface area contributed by atoms with E-state index in [4.69, 9.17) is 26.3 Å². The molecule has 0 bridgehead atoms. The highest BCUT2D eigenvalue weighted by Crippen LogP contribution is 2.39. The van der Waals surface area contributed by atoms with Crippen molar-refractivity contribution in [2.24, 2.45) is 0 Å². The second-order valence-electron chi connectivity index (χ2n) is 7.23. The number of fused-ring (bicyclic) bond motifs is 1. The Kier molecular flexibility index (Phi) is 4.41. The zero-order valence-corrected chi connectivity index (χ0v) is 15.7. The Morgan fingerprint density at radius 2 is 2.07 bits per heavy atom. The normalized spacial score (nSPS) is 19.7. The zero-order chi connectivity index (χ0) is 18.2. The Balaban J connectivity index is 1.48. The topological polar surface area (TPSA) is 77.8 Å². The molecule has 1 saturated heterocycles. The maximum Gasteiger partial charge on any atom is 0.184 e. The molecule has 1 aliphatic heterocycles. The standard InChI is InChI=1S/C19H21ClN6O/c20-15-6-2-1-4-13(15)11-26-19-16(24-25-26)18(21-10-14-5-3-9-27-14)22-17(23-19)12-7-8-12/h1-2,4,6,12,14H,3,5,7-11H2,(H,21,22,23). The Bertz CT molecular complexity index is 964. The number of hydrogen-bond donors (Lipinski definition) is 1. The quantitative estimate of drug-likeness (QED) is 0.701. The first kappa shape index (κ1) is 16.9. The van der Waals surface area contributed by atoms with Crippen LogP contribution >= 0.6 is 11.6 Å². The lowest BCUT2D eigenvalue weighted by Gasteiger charge is -2.12. The van der Waals surface area contributed by atoms with Crippen LogP contribution in [-0.4, -0.2) is 44.2 Å². The van der Waals surface area contributed by atoms with Crippen molar-refractivity contribution in [1.82, 2.24) is 25.0 Å². The maximum absolute atomic E-state index is 6.32. The van der Waals surface area contributed by atoms with Gasteiger partial charge in [0.1, 0.15) is 5.82 Å². The fraction of sp³-hybridized carbons (Fsp3) is 0.474. The lowest BCUT2D eigenvalue weighted by molar-refractivity contribution is 0.120. The number of rotatable bonds is 6. The summed E-state index contributed by atoms with van der Waals surface area (Å²) in [6, 6.07) is 7.77. The predicted octanol–water partition coefficient (Wildman–Crippen LogP) is 3.39. The highest BCUT2D eigenvalue weighted by Gasteiger charge is 2.29. The molecule has 0 radical (unpaired) electrons. The van der Waals surface area contributed by atoms with Crippen molar-refractivity contribution >= 4 is 28.6 Å². The Morgan fingerprint density at radius 1 is 1.19 bits per heavy atom. The minimum absolute atomic E-state index is 0.234. The largest absolute Gasteiger partial charge is 0.376 e. The first-order chi connectivity index (χ1) is 13.3. The van der Waals surface area contributed by atoms with Gasteiger partial charge in [0, 0.05) is 24.1 Å². The minimum Gasteiger partial charge on any atom is -0.376 e. The second-order valence-corrected chi connectivity index (χ2v) is 7.64. The lowest BCUT2D eigenvalue weighted by atomic mass is 10.2. The van der Waals surface area contributed by atoms with E-state index in [0.29, 0.717) is 23.0 Å². The molecule has 1 N–H and O–H groups in total. The molecule has 1 unspecified atom stereocenters. The summed E-state index contributed by atoms with van der Waals surface area (Å²) in [6.45, 7) is 2.10. The summed E-state index contributed by atoms with van der Waals surface area (Å²) >= 11 is 6.32. The maximum atomic E-state index is 6.32. The summed E-state index contributed by atoms with van der Waals surface area (Å²) in [5, 5.41) is 12.8. The first-order valence-electron chi connectivity index (χ1n) is 9.48. The van der Waals surface area contributed by atoms with Crippen LogP contribution in [0.5, 0.6) is 0 Å².